The van der Waals surface area contributed by atoms with E-state index in [-0.39, 0.29) is 11.4 Å². The number of ketones is 1. The molecule has 1 aliphatic carbocycles. The Balaban J connectivity index is 2.32. The molecule has 0 bridgehead atoms. The molecule has 21 heavy (non-hydrogen) atoms. The maximum Gasteiger partial charge on any atom is 0.204 e. The third-order valence-corrected chi connectivity index (χ3v) is 4.19. The Bertz CT molecular complexity index is 514. The van der Waals surface area contributed by atoms with Crippen molar-refractivity contribution >= 4 is 5.78 Å². The van der Waals surface area contributed by atoms with Gasteiger partial charge in [0.2, 0.25) is 5.75 Å². The third kappa shape index (κ3) is 2.83. The normalized spacial score (nSPS) is 16.0. The van der Waals surface area contributed by atoms with Gasteiger partial charge in [-0.05, 0) is 31.4 Å². The molecular weight excluding hydrogens is 272 g/mol. The molecule has 1 saturated carbocycles. The first-order valence-corrected chi connectivity index (χ1v) is 6.98. The Morgan fingerprint density at radius 2 is 1.71 bits per heavy atom. The molecule has 116 valence electrons. The van der Waals surface area contributed by atoms with Gasteiger partial charge in [-0.15, -0.1) is 0 Å². The van der Waals surface area contributed by atoms with Gasteiger partial charge in [0.25, 0.3) is 0 Å². The average molecular weight is 294 g/mol. The van der Waals surface area contributed by atoms with E-state index in [0.717, 1.165) is 19.3 Å². The van der Waals surface area contributed by atoms with Crippen molar-refractivity contribution in [2.45, 2.75) is 31.3 Å². The highest BCUT2D eigenvalue weighted by Gasteiger charge is 2.39. The fraction of sp³-hybridized carbons (Fsp3) is 0.562. The molecule has 0 N–H and O–H groups in total. The van der Waals surface area contributed by atoms with E-state index in [1.807, 2.05) is 0 Å². The van der Waals surface area contributed by atoms with Crippen LogP contribution in [0.25, 0.3) is 0 Å². The number of Topliss-reactive ketones (excluding diaryl/α,β-unsaturated/α-hetero) is 1. The predicted molar refractivity (Wildman–Crippen MR) is 78.6 cm³/mol. The van der Waals surface area contributed by atoms with Gasteiger partial charge in [-0.1, -0.05) is 0 Å². The molecule has 0 spiro atoms. The molecule has 1 fully saturated rings. The van der Waals surface area contributed by atoms with Crippen LogP contribution in [0.5, 0.6) is 17.2 Å². The summed E-state index contributed by atoms with van der Waals surface area (Å²) in [5.41, 5.74) is 0.188. The van der Waals surface area contributed by atoms with E-state index in [4.69, 9.17) is 18.9 Å². The molecule has 0 unspecified atom stereocenters. The topological polar surface area (TPSA) is 54.0 Å². The maximum atomic E-state index is 12.6. The van der Waals surface area contributed by atoms with Crippen molar-refractivity contribution < 1.29 is 23.7 Å². The highest BCUT2D eigenvalue weighted by atomic mass is 16.5. The van der Waals surface area contributed by atoms with Crippen molar-refractivity contribution in [1.29, 1.82) is 0 Å². The summed E-state index contributed by atoms with van der Waals surface area (Å²) in [6.07, 6.45) is 3.30. The molecule has 0 aliphatic heterocycles. The summed E-state index contributed by atoms with van der Waals surface area (Å²) in [5, 5.41) is 0. The van der Waals surface area contributed by atoms with Crippen LogP contribution in [0.4, 0.5) is 0 Å². The largest absolute Gasteiger partial charge is 0.493 e. The molecular formula is C16H22O5. The van der Waals surface area contributed by atoms with Gasteiger partial charge in [0.15, 0.2) is 17.3 Å². The number of benzene rings is 1. The minimum Gasteiger partial charge on any atom is -0.493 e. The van der Waals surface area contributed by atoms with Gasteiger partial charge in [0.05, 0.1) is 32.5 Å². The summed E-state index contributed by atoms with van der Waals surface area (Å²) >= 11 is 0. The van der Waals surface area contributed by atoms with Crippen molar-refractivity contribution in [3.8, 4) is 17.2 Å². The molecule has 0 aromatic heterocycles. The first kappa shape index (κ1) is 15.6. The molecule has 0 saturated heterocycles. The summed E-state index contributed by atoms with van der Waals surface area (Å²) in [6.45, 7) is 0. The molecule has 0 heterocycles. The van der Waals surface area contributed by atoms with Crippen molar-refractivity contribution in [3.63, 3.8) is 0 Å². The zero-order valence-electron chi connectivity index (χ0n) is 13.0. The summed E-state index contributed by atoms with van der Waals surface area (Å²) in [4.78, 5) is 12.6. The van der Waals surface area contributed by atoms with Gasteiger partial charge in [-0.2, -0.15) is 0 Å². The van der Waals surface area contributed by atoms with E-state index < -0.39 is 0 Å². The second-order valence-corrected chi connectivity index (χ2v) is 5.22. The Kier molecular flexibility index (Phi) is 4.73. The lowest BCUT2D eigenvalue weighted by molar-refractivity contribution is -0.0705. The van der Waals surface area contributed by atoms with Crippen LogP contribution in [0.3, 0.4) is 0 Å². The third-order valence-electron chi connectivity index (χ3n) is 4.19. The molecule has 0 radical (unpaired) electrons. The van der Waals surface area contributed by atoms with E-state index in [2.05, 4.69) is 0 Å². The number of carbonyl (C=O) groups is 1. The SMILES string of the molecule is COc1ccc(C(=O)CC2(OC)CCC2)c(OC)c1OC. The summed E-state index contributed by atoms with van der Waals surface area (Å²) < 4.78 is 21.4. The first-order valence-electron chi connectivity index (χ1n) is 6.98. The number of ether oxygens (including phenoxy) is 4. The Morgan fingerprint density at radius 1 is 1.05 bits per heavy atom. The molecule has 2 rings (SSSR count). The molecule has 1 aliphatic rings. The lowest BCUT2D eigenvalue weighted by Crippen LogP contribution is -2.41. The molecule has 1 aromatic carbocycles. The predicted octanol–water partition coefficient (Wildman–Crippen LogP) is 2.85. The van der Waals surface area contributed by atoms with E-state index in [1.54, 1.807) is 26.4 Å². The van der Waals surface area contributed by atoms with Crippen LogP contribution >= 0.6 is 0 Å². The zero-order chi connectivity index (χ0) is 15.5. The van der Waals surface area contributed by atoms with E-state index in [0.29, 0.717) is 29.2 Å². The van der Waals surface area contributed by atoms with Crippen LogP contribution in [0, 0.1) is 0 Å². The van der Waals surface area contributed by atoms with E-state index >= 15 is 0 Å². The molecule has 5 heteroatoms. The lowest BCUT2D eigenvalue weighted by atomic mass is 9.75. The smallest absolute Gasteiger partial charge is 0.204 e. The minimum absolute atomic E-state index is 0.00523. The highest BCUT2D eigenvalue weighted by molar-refractivity contribution is 6.00. The van der Waals surface area contributed by atoms with Crippen LogP contribution in [0.1, 0.15) is 36.0 Å². The van der Waals surface area contributed by atoms with Gasteiger partial charge in [0.1, 0.15) is 0 Å². The monoisotopic (exact) mass is 294 g/mol. The Hall–Kier alpha value is -1.75. The molecule has 1 aromatic rings. The quantitative estimate of drug-likeness (QED) is 0.724. The average Bonchev–Trinajstić information content (AvgIpc) is 2.48. The summed E-state index contributed by atoms with van der Waals surface area (Å²) in [7, 11) is 6.26. The Morgan fingerprint density at radius 3 is 2.14 bits per heavy atom. The minimum atomic E-state index is -0.310. The van der Waals surface area contributed by atoms with Crippen molar-refractivity contribution in [2.75, 3.05) is 28.4 Å². The number of carbonyl (C=O) groups excluding carboxylic acids is 1. The number of rotatable bonds is 7. The second-order valence-electron chi connectivity index (χ2n) is 5.22. The summed E-state index contributed by atoms with van der Waals surface area (Å²) in [5.74, 6) is 1.38. The van der Waals surface area contributed by atoms with Crippen LogP contribution in [-0.4, -0.2) is 39.8 Å². The van der Waals surface area contributed by atoms with Crippen molar-refractivity contribution in [2.24, 2.45) is 0 Å². The van der Waals surface area contributed by atoms with E-state index in [9.17, 15) is 4.79 Å². The number of methoxy groups -OCH3 is 4. The van der Waals surface area contributed by atoms with Gasteiger partial charge in [-0.3, -0.25) is 4.79 Å². The second kappa shape index (κ2) is 6.35. The first-order chi connectivity index (χ1) is 10.1. The Labute approximate surface area is 125 Å². The van der Waals surface area contributed by atoms with Gasteiger partial charge >= 0.3 is 0 Å². The lowest BCUT2D eigenvalue weighted by Gasteiger charge is -2.40. The number of hydrogen-bond acceptors (Lipinski definition) is 5. The van der Waals surface area contributed by atoms with Gasteiger partial charge in [-0.25, -0.2) is 0 Å². The van der Waals surface area contributed by atoms with Crippen LogP contribution in [0.15, 0.2) is 12.1 Å². The molecule has 0 atom stereocenters. The van der Waals surface area contributed by atoms with Gasteiger partial charge < -0.3 is 18.9 Å². The fourth-order valence-electron chi connectivity index (χ4n) is 2.73. The maximum absolute atomic E-state index is 12.6. The zero-order valence-corrected chi connectivity index (χ0v) is 13.0. The fourth-order valence-corrected chi connectivity index (χ4v) is 2.73. The molecule has 5 nitrogen and oxygen atoms in total. The molecule has 0 amide bonds. The van der Waals surface area contributed by atoms with Crippen LogP contribution in [-0.2, 0) is 4.74 Å². The standard InChI is InChI=1S/C16H22O5/c1-18-13-7-6-11(14(19-2)15(13)20-3)12(17)10-16(21-4)8-5-9-16/h6-7H,5,8-10H2,1-4H3. The van der Waals surface area contributed by atoms with Crippen LogP contribution < -0.4 is 14.2 Å². The highest BCUT2D eigenvalue weighted by Crippen LogP contribution is 2.43. The summed E-state index contributed by atoms with van der Waals surface area (Å²) in [6, 6.07) is 3.43. The van der Waals surface area contributed by atoms with Gasteiger partial charge in [0, 0.05) is 13.5 Å². The van der Waals surface area contributed by atoms with Crippen LogP contribution in [0.2, 0.25) is 0 Å². The number of hydrogen-bond donors (Lipinski definition) is 0. The van der Waals surface area contributed by atoms with Crippen molar-refractivity contribution in [3.05, 3.63) is 17.7 Å². The van der Waals surface area contributed by atoms with E-state index in [1.165, 1.54) is 14.2 Å². The van der Waals surface area contributed by atoms with Crippen molar-refractivity contribution in [1.82, 2.24) is 0 Å².